The topological polar surface area (TPSA) is 74.7 Å². The number of nitrogens with zero attached hydrogens (tertiary/aromatic N) is 1. The monoisotopic (exact) mass is 325 g/mol. The van der Waals surface area contributed by atoms with E-state index in [2.05, 4.69) is 0 Å². The van der Waals surface area contributed by atoms with E-state index in [0.29, 0.717) is 0 Å². The van der Waals surface area contributed by atoms with E-state index in [1.165, 1.54) is 0 Å². The lowest BCUT2D eigenvalue weighted by atomic mass is 10.2. The van der Waals surface area contributed by atoms with Gasteiger partial charge in [-0.2, -0.15) is 4.31 Å². The summed E-state index contributed by atoms with van der Waals surface area (Å²) in [5.74, 6) is -2.45. The Morgan fingerprint density at radius 1 is 1.25 bits per heavy atom. The summed E-state index contributed by atoms with van der Waals surface area (Å²) in [5, 5.41) is 8.95. The normalized spacial score (nSPS) is 18.4. The minimum Gasteiger partial charge on any atom is -0.392 e. The van der Waals surface area contributed by atoms with Gasteiger partial charge >= 0.3 is 0 Å². The third-order valence-electron chi connectivity index (χ3n) is 2.99. The zero-order valence-electron chi connectivity index (χ0n) is 10.4. The van der Waals surface area contributed by atoms with Gasteiger partial charge in [0.05, 0.1) is 6.61 Å². The van der Waals surface area contributed by atoms with Crippen LogP contribution in [0.1, 0.15) is 5.56 Å². The van der Waals surface area contributed by atoms with Crippen molar-refractivity contribution in [2.45, 2.75) is 11.5 Å². The van der Waals surface area contributed by atoms with Crippen LogP contribution in [0.2, 0.25) is 0 Å². The molecule has 0 atom stereocenters. The average Bonchev–Trinajstić information content (AvgIpc) is 2.42. The Morgan fingerprint density at radius 2 is 1.85 bits per heavy atom. The third-order valence-corrected chi connectivity index (χ3v) is 6.17. The van der Waals surface area contributed by atoms with Crippen LogP contribution in [0.25, 0.3) is 0 Å². The van der Waals surface area contributed by atoms with Crippen molar-refractivity contribution in [3.63, 3.8) is 0 Å². The van der Waals surface area contributed by atoms with E-state index in [-0.39, 0.29) is 30.2 Å². The Hall–Kier alpha value is -0.900. The summed E-state index contributed by atoms with van der Waals surface area (Å²) in [6, 6.07) is 1.67. The highest BCUT2D eigenvalue weighted by molar-refractivity contribution is 7.89. The molecule has 0 amide bonds. The Morgan fingerprint density at radius 3 is 2.40 bits per heavy atom. The van der Waals surface area contributed by atoms with E-state index in [4.69, 9.17) is 5.11 Å². The molecule has 20 heavy (non-hydrogen) atoms. The molecule has 0 aliphatic carbocycles. The molecule has 1 saturated heterocycles. The van der Waals surface area contributed by atoms with Crippen molar-refractivity contribution < 1.29 is 26.5 Å². The second-order valence-electron chi connectivity index (χ2n) is 4.30. The van der Waals surface area contributed by atoms with E-state index in [1.54, 1.807) is 0 Å². The van der Waals surface area contributed by atoms with Gasteiger partial charge in [0.1, 0.15) is 4.90 Å². The summed E-state index contributed by atoms with van der Waals surface area (Å²) in [5.41, 5.74) is -0.0249. The average molecular weight is 325 g/mol. The van der Waals surface area contributed by atoms with Gasteiger partial charge in [0.2, 0.25) is 10.0 Å². The minimum atomic E-state index is -4.20. The van der Waals surface area contributed by atoms with E-state index in [9.17, 15) is 21.4 Å². The fourth-order valence-corrected chi connectivity index (χ4v) is 4.75. The van der Waals surface area contributed by atoms with Crippen LogP contribution in [0.15, 0.2) is 17.0 Å². The highest BCUT2D eigenvalue weighted by Gasteiger charge is 2.31. The lowest BCUT2D eigenvalue weighted by Crippen LogP contribution is -2.42. The Kier molecular flexibility index (Phi) is 4.52. The summed E-state index contributed by atoms with van der Waals surface area (Å²) < 4.78 is 63.8. The number of aliphatic hydroxyl groups excluding tert-OH is 1. The highest BCUT2D eigenvalue weighted by atomic mass is 32.2. The van der Waals surface area contributed by atoms with Crippen LogP contribution < -0.4 is 0 Å². The Labute approximate surface area is 117 Å². The van der Waals surface area contributed by atoms with Crippen LogP contribution >= 0.6 is 0 Å². The molecule has 5 nitrogen and oxygen atoms in total. The molecule has 1 aliphatic heterocycles. The molecule has 1 aromatic carbocycles. The Bertz CT molecular complexity index is 638. The molecule has 1 N–H and O–H groups in total. The van der Waals surface area contributed by atoms with Crippen LogP contribution in [0, 0.1) is 11.6 Å². The van der Waals surface area contributed by atoms with E-state index in [0.717, 1.165) is 16.4 Å². The number of benzene rings is 1. The summed E-state index contributed by atoms with van der Waals surface area (Å²) in [6.07, 6.45) is 0. The lowest BCUT2D eigenvalue weighted by Gasteiger charge is -2.25. The zero-order chi connectivity index (χ0) is 14.9. The second-order valence-corrected chi connectivity index (χ2v) is 7.90. The molecule has 0 bridgehead atoms. The smallest absolute Gasteiger partial charge is 0.246 e. The molecule has 1 heterocycles. The molecule has 0 saturated carbocycles. The molecule has 112 valence electrons. The fraction of sp³-hybridized carbons (Fsp3) is 0.455. The van der Waals surface area contributed by atoms with Crippen LogP contribution in [-0.4, -0.2) is 46.6 Å². The van der Waals surface area contributed by atoms with Crippen molar-refractivity contribution in [1.29, 1.82) is 0 Å². The summed E-state index contributed by atoms with van der Waals surface area (Å²) in [4.78, 5) is -0.797. The molecule has 2 rings (SSSR count). The SMILES string of the molecule is O=S1CCN(S(=O)(=O)c2cc(CO)cc(F)c2F)CC1. The van der Waals surface area contributed by atoms with Gasteiger partial charge < -0.3 is 5.11 Å². The van der Waals surface area contributed by atoms with E-state index < -0.39 is 44.0 Å². The maximum Gasteiger partial charge on any atom is 0.246 e. The van der Waals surface area contributed by atoms with Gasteiger partial charge in [-0.25, -0.2) is 17.2 Å². The molecule has 1 aliphatic rings. The van der Waals surface area contributed by atoms with Crippen LogP contribution in [0.3, 0.4) is 0 Å². The van der Waals surface area contributed by atoms with Crippen molar-refractivity contribution >= 4 is 20.8 Å². The first-order valence-corrected chi connectivity index (χ1v) is 8.73. The number of halogens is 2. The highest BCUT2D eigenvalue weighted by Crippen LogP contribution is 2.24. The molecule has 0 unspecified atom stereocenters. The van der Waals surface area contributed by atoms with Crippen LogP contribution in [-0.2, 0) is 27.4 Å². The van der Waals surface area contributed by atoms with Crippen LogP contribution in [0.5, 0.6) is 0 Å². The predicted octanol–water partition coefficient (Wildman–Crippen LogP) is 0.210. The number of aliphatic hydroxyl groups is 1. The van der Waals surface area contributed by atoms with E-state index >= 15 is 0 Å². The molecule has 0 aromatic heterocycles. The quantitative estimate of drug-likeness (QED) is 0.862. The first-order valence-electron chi connectivity index (χ1n) is 5.80. The third kappa shape index (κ3) is 2.90. The molecular formula is C11H13F2NO4S2. The van der Waals surface area contributed by atoms with Crippen molar-refractivity contribution in [1.82, 2.24) is 4.31 Å². The molecule has 1 aromatic rings. The fourth-order valence-electron chi connectivity index (χ4n) is 1.90. The number of rotatable bonds is 3. The van der Waals surface area contributed by atoms with Gasteiger partial charge in [0, 0.05) is 35.4 Å². The van der Waals surface area contributed by atoms with Crippen molar-refractivity contribution in [3.05, 3.63) is 29.3 Å². The zero-order valence-corrected chi connectivity index (χ0v) is 12.0. The van der Waals surface area contributed by atoms with Gasteiger partial charge in [0.15, 0.2) is 11.6 Å². The van der Waals surface area contributed by atoms with Gasteiger partial charge in [-0.3, -0.25) is 4.21 Å². The van der Waals surface area contributed by atoms with Crippen LogP contribution in [0.4, 0.5) is 8.78 Å². The molecule has 0 spiro atoms. The lowest BCUT2D eigenvalue weighted by molar-refractivity contribution is 0.280. The largest absolute Gasteiger partial charge is 0.392 e. The second kappa shape index (κ2) is 5.84. The summed E-state index contributed by atoms with van der Waals surface area (Å²) >= 11 is 0. The number of hydrogen-bond acceptors (Lipinski definition) is 4. The first-order chi connectivity index (χ1) is 9.36. The molecule has 1 fully saturated rings. The number of sulfonamides is 1. The van der Waals surface area contributed by atoms with Gasteiger partial charge in [-0.1, -0.05) is 0 Å². The van der Waals surface area contributed by atoms with E-state index in [1.807, 2.05) is 0 Å². The van der Waals surface area contributed by atoms with Gasteiger partial charge in [-0.15, -0.1) is 0 Å². The van der Waals surface area contributed by atoms with Gasteiger partial charge in [0.25, 0.3) is 0 Å². The number of hydrogen-bond donors (Lipinski definition) is 1. The molecule has 9 heteroatoms. The first kappa shape index (κ1) is 15.5. The maximum absolute atomic E-state index is 13.7. The Balaban J connectivity index is 2.44. The summed E-state index contributed by atoms with van der Waals surface area (Å²) in [6.45, 7) is -0.595. The standard InChI is InChI=1S/C11H13F2NO4S2/c12-9-5-8(7-15)6-10(11(9)13)20(17,18)14-1-3-19(16)4-2-14/h5-6,15H,1-4,7H2. The van der Waals surface area contributed by atoms with Gasteiger partial charge in [-0.05, 0) is 17.7 Å². The molecular weight excluding hydrogens is 312 g/mol. The van der Waals surface area contributed by atoms with Crippen molar-refractivity contribution in [2.24, 2.45) is 0 Å². The van der Waals surface area contributed by atoms with Crippen molar-refractivity contribution in [2.75, 3.05) is 24.6 Å². The maximum atomic E-state index is 13.7. The molecule has 0 radical (unpaired) electrons. The van der Waals surface area contributed by atoms with Crippen molar-refractivity contribution in [3.8, 4) is 0 Å². The minimum absolute atomic E-state index is 0.000639. The predicted molar refractivity (Wildman–Crippen MR) is 68.9 cm³/mol. The summed E-state index contributed by atoms with van der Waals surface area (Å²) in [7, 11) is -5.28.